The normalized spacial score (nSPS) is 14.4. The van der Waals surface area contributed by atoms with E-state index in [9.17, 15) is 22.4 Å². The van der Waals surface area contributed by atoms with Crippen molar-refractivity contribution in [2.24, 2.45) is 5.41 Å². The molecule has 0 aliphatic carbocycles. The number of nitrogens with zero attached hydrogens (tertiary/aromatic N) is 1. The van der Waals surface area contributed by atoms with Crippen LogP contribution in [0.15, 0.2) is 47.4 Å². The van der Waals surface area contributed by atoms with Gasteiger partial charge in [0.25, 0.3) is 10.0 Å². The number of amides is 3. The van der Waals surface area contributed by atoms with Crippen LogP contribution in [0.2, 0.25) is 5.02 Å². The van der Waals surface area contributed by atoms with Crippen LogP contribution in [0, 0.1) is 5.41 Å². The molecule has 1 aliphatic rings. The number of hydrogen-bond acceptors (Lipinski definition) is 5. The molecule has 0 radical (unpaired) electrons. The van der Waals surface area contributed by atoms with Crippen LogP contribution in [-0.2, 0) is 19.6 Å². The summed E-state index contributed by atoms with van der Waals surface area (Å²) in [6.07, 6.45) is 0. The maximum atomic E-state index is 13.0. The zero-order valence-electron chi connectivity index (χ0n) is 18.7. The second-order valence-corrected chi connectivity index (χ2v) is 10.4. The first-order valence-electron chi connectivity index (χ1n) is 10.5. The van der Waals surface area contributed by atoms with Crippen LogP contribution < -0.4 is 15.4 Å². The van der Waals surface area contributed by atoms with Crippen molar-refractivity contribution in [3.63, 3.8) is 0 Å². The van der Waals surface area contributed by atoms with Crippen molar-refractivity contribution >= 4 is 50.6 Å². The molecule has 1 heterocycles. The van der Waals surface area contributed by atoms with E-state index in [1.54, 1.807) is 4.90 Å². The Kier molecular flexibility index (Phi) is 8.01. The largest absolute Gasteiger partial charge is 0.378 e. The van der Waals surface area contributed by atoms with Gasteiger partial charge in [-0.1, -0.05) is 11.6 Å². The summed E-state index contributed by atoms with van der Waals surface area (Å²) in [4.78, 5) is 25.8. The lowest BCUT2D eigenvalue weighted by molar-refractivity contribution is -0.124. The van der Waals surface area contributed by atoms with Crippen LogP contribution in [0.25, 0.3) is 0 Å². The van der Waals surface area contributed by atoms with Crippen molar-refractivity contribution in [3.8, 4) is 0 Å². The Morgan fingerprint density at radius 3 is 2.21 bits per heavy atom. The molecule has 0 atom stereocenters. The van der Waals surface area contributed by atoms with Gasteiger partial charge in [0.1, 0.15) is 11.6 Å². The van der Waals surface area contributed by atoms with Crippen LogP contribution in [0.3, 0.4) is 0 Å². The Labute approximate surface area is 202 Å². The third-order valence-electron chi connectivity index (χ3n) is 5.11. The summed E-state index contributed by atoms with van der Waals surface area (Å²) in [7, 11) is -4.03. The summed E-state index contributed by atoms with van der Waals surface area (Å²) < 4.78 is 46.2. The Hall–Kier alpha value is -2.89. The molecular formula is C22H26ClFN4O5S. The highest BCUT2D eigenvalue weighted by Gasteiger charge is 2.27. The average molecular weight is 513 g/mol. The molecule has 1 saturated heterocycles. The fourth-order valence-electron chi connectivity index (χ4n) is 2.96. The average Bonchev–Trinajstić information content (AvgIpc) is 2.80. The van der Waals surface area contributed by atoms with E-state index in [1.165, 1.54) is 56.3 Å². The van der Waals surface area contributed by atoms with Gasteiger partial charge in [0.05, 0.1) is 23.7 Å². The Morgan fingerprint density at radius 1 is 1.03 bits per heavy atom. The fraction of sp³-hybridized carbons (Fsp3) is 0.364. The Morgan fingerprint density at radius 2 is 1.62 bits per heavy atom. The van der Waals surface area contributed by atoms with Crippen molar-refractivity contribution in [2.75, 3.05) is 48.3 Å². The van der Waals surface area contributed by atoms with Gasteiger partial charge in [0.15, 0.2) is 0 Å². The summed E-state index contributed by atoms with van der Waals surface area (Å²) in [6, 6.07) is 9.69. The number of carbonyl (C=O) groups excluding carboxylic acids is 2. The first-order valence-corrected chi connectivity index (χ1v) is 12.3. The minimum absolute atomic E-state index is 0.0652. The predicted molar refractivity (Wildman–Crippen MR) is 128 cm³/mol. The van der Waals surface area contributed by atoms with Gasteiger partial charge in [-0.05, 0) is 56.3 Å². The summed E-state index contributed by atoms with van der Waals surface area (Å²) in [5.41, 5.74) is -0.182. The van der Waals surface area contributed by atoms with E-state index in [1.807, 2.05) is 0 Å². The van der Waals surface area contributed by atoms with Crippen LogP contribution in [0.1, 0.15) is 13.8 Å². The van der Waals surface area contributed by atoms with E-state index in [2.05, 4.69) is 15.4 Å². The molecule has 0 spiro atoms. The van der Waals surface area contributed by atoms with Crippen molar-refractivity contribution in [2.45, 2.75) is 18.7 Å². The maximum absolute atomic E-state index is 13.0. The lowest BCUT2D eigenvalue weighted by Crippen LogP contribution is -2.43. The SMILES string of the molecule is CC(C)(CF)C(=O)Nc1ccc(NS(=O)(=O)c2ccc(NC(=O)N3CCOCC3)cc2Cl)cc1. The summed E-state index contributed by atoms with van der Waals surface area (Å²) in [6.45, 7) is 3.99. The predicted octanol–water partition coefficient (Wildman–Crippen LogP) is 3.94. The van der Waals surface area contributed by atoms with Crippen LogP contribution >= 0.6 is 11.6 Å². The fourth-order valence-corrected chi connectivity index (χ4v) is 4.56. The van der Waals surface area contributed by atoms with Gasteiger partial charge in [-0.2, -0.15) is 0 Å². The van der Waals surface area contributed by atoms with E-state index in [4.69, 9.17) is 16.3 Å². The molecule has 1 aliphatic heterocycles. The van der Waals surface area contributed by atoms with Gasteiger partial charge < -0.3 is 20.3 Å². The highest BCUT2D eigenvalue weighted by atomic mass is 35.5. The number of morpholine rings is 1. The standard InChI is InChI=1S/C22H26ClFN4O5S/c1-22(2,14-24)20(29)25-15-3-5-16(6-4-15)27-34(31,32)19-8-7-17(13-18(19)23)26-21(30)28-9-11-33-12-10-28/h3-8,13,27H,9-12,14H2,1-2H3,(H,25,29)(H,26,30). The highest BCUT2D eigenvalue weighted by Crippen LogP contribution is 2.28. The van der Waals surface area contributed by atoms with Gasteiger partial charge >= 0.3 is 6.03 Å². The molecule has 184 valence electrons. The zero-order chi connectivity index (χ0) is 24.9. The van der Waals surface area contributed by atoms with E-state index < -0.39 is 28.0 Å². The number of ether oxygens (including phenoxy) is 1. The number of rotatable bonds is 7. The lowest BCUT2D eigenvalue weighted by Gasteiger charge is -2.27. The van der Waals surface area contributed by atoms with Gasteiger partial charge in [0, 0.05) is 30.2 Å². The molecule has 0 saturated carbocycles. The first kappa shape index (κ1) is 25.7. The second kappa shape index (κ2) is 10.6. The molecular weight excluding hydrogens is 487 g/mol. The van der Waals surface area contributed by atoms with Crippen LogP contribution in [0.4, 0.5) is 26.2 Å². The van der Waals surface area contributed by atoms with E-state index in [-0.39, 0.29) is 21.6 Å². The maximum Gasteiger partial charge on any atom is 0.322 e. The smallest absolute Gasteiger partial charge is 0.322 e. The van der Waals surface area contributed by atoms with E-state index in [0.717, 1.165) is 0 Å². The van der Waals surface area contributed by atoms with E-state index in [0.29, 0.717) is 37.7 Å². The lowest BCUT2D eigenvalue weighted by atomic mass is 9.94. The third-order valence-corrected chi connectivity index (χ3v) is 6.98. The summed E-state index contributed by atoms with van der Waals surface area (Å²) in [5, 5.41) is 5.21. The molecule has 9 nitrogen and oxygen atoms in total. The first-order chi connectivity index (χ1) is 16.0. The number of anilines is 3. The number of halogens is 2. The molecule has 2 aromatic rings. The molecule has 0 unspecified atom stereocenters. The molecule has 34 heavy (non-hydrogen) atoms. The van der Waals surface area contributed by atoms with Gasteiger partial charge in [0.2, 0.25) is 5.91 Å². The highest BCUT2D eigenvalue weighted by molar-refractivity contribution is 7.92. The van der Waals surface area contributed by atoms with Crippen molar-refractivity contribution in [3.05, 3.63) is 47.5 Å². The minimum atomic E-state index is -4.03. The molecule has 3 rings (SSSR count). The molecule has 3 amide bonds. The van der Waals surface area contributed by atoms with Gasteiger partial charge in [-0.15, -0.1) is 0 Å². The number of hydrogen-bond donors (Lipinski definition) is 3. The molecule has 12 heteroatoms. The Bertz CT molecular complexity index is 1150. The molecule has 0 aromatic heterocycles. The van der Waals surface area contributed by atoms with Crippen LogP contribution in [-0.4, -0.2) is 58.2 Å². The van der Waals surface area contributed by atoms with Crippen molar-refractivity contribution in [1.82, 2.24) is 4.90 Å². The van der Waals surface area contributed by atoms with Crippen molar-refractivity contribution in [1.29, 1.82) is 0 Å². The Balaban J connectivity index is 1.66. The number of alkyl halides is 1. The monoisotopic (exact) mass is 512 g/mol. The summed E-state index contributed by atoms with van der Waals surface area (Å²) in [5.74, 6) is -0.490. The number of sulfonamides is 1. The quantitative estimate of drug-likeness (QED) is 0.519. The second-order valence-electron chi connectivity index (χ2n) is 8.33. The van der Waals surface area contributed by atoms with Crippen molar-refractivity contribution < 1.29 is 27.1 Å². The molecule has 3 N–H and O–H groups in total. The third kappa shape index (κ3) is 6.37. The topological polar surface area (TPSA) is 117 Å². The van der Waals surface area contributed by atoms with E-state index >= 15 is 0 Å². The minimum Gasteiger partial charge on any atom is -0.378 e. The van der Waals surface area contributed by atoms with Gasteiger partial charge in [-0.25, -0.2) is 17.6 Å². The zero-order valence-corrected chi connectivity index (χ0v) is 20.3. The number of urea groups is 1. The molecule has 0 bridgehead atoms. The number of benzene rings is 2. The number of nitrogens with one attached hydrogen (secondary N) is 3. The molecule has 2 aromatic carbocycles. The summed E-state index contributed by atoms with van der Waals surface area (Å²) >= 11 is 6.21. The molecule has 1 fully saturated rings. The van der Waals surface area contributed by atoms with Gasteiger partial charge in [-0.3, -0.25) is 9.52 Å². The van der Waals surface area contributed by atoms with Crippen LogP contribution in [0.5, 0.6) is 0 Å². The number of carbonyl (C=O) groups is 2.